The fraction of sp³-hybridized carbons (Fsp3) is 0.450. The molecule has 31 heavy (non-hydrogen) atoms. The van der Waals surface area contributed by atoms with Crippen LogP contribution in [-0.4, -0.2) is 56.4 Å². The number of methoxy groups -OCH3 is 1. The number of esters is 1. The minimum atomic E-state index is -3.63. The second-order valence-electron chi connectivity index (χ2n) is 7.00. The maximum atomic E-state index is 12.8. The Balaban J connectivity index is 1.59. The molecule has 0 atom stereocenters. The van der Waals surface area contributed by atoms with Gasteiger partial charge in [-0.25, -0.2) is 18.2 Å². The lowest BCUT2D eigenvalue weighted by molar-refractivity contribution is -0.120. The van der Waals surface area contributed by atoms with Crippen LogP contribution in [0.4, 0.5) is 5.13 Å². The number of amides is 1. The minimum absolute atomic E-state index is 0.195. The van der Waals surface area contributed by atoms with Crippen molar-refractivity contribution in [1.29, 1.82) is 0 Å². The molecule has 3 rings (SSSR count). The molecule has 168 valence electrons. The molecule has 9 nitrogen and oxygen atoms in total. The van der Waals surface area contributed by atoms with Gasteiger partial charge >= 0.3 is 5.97 Å². The van der Waals surface area contributed by atoms with Crippen molar-refractivity contribution in [2.45, 2.75) is 31.6 Å². The number of anilines is 1. The predicted octanol–water partition coefficient (Wildman–Crippen LogP) is 2.68. The topological polar surface area (TPSA) is 115 Å². The Morgan fingerprint density at radius 2 is 1.87 bits per heavy atom. The van der Waals surface area contributed by atoms with Crippen LogP contribution in [0.3, 0.4) is 0 Å². The van der Waals surface area contributed by atoms with Gasteiger partial charge in [-0.1, -0.05) is 11.3 Å². The van der Waals surface area contributed by atoms with E-state index in [0.29, 0.717) is 34.3 Å². The summed E-state index contributed by atoms with van der Waals surface area (Å²) in [5.74, 6) is -0.448. The summed E-state index contributed by atoms with van der Waals surface area (Å²) in [6, 6.07) is 6.24. The molecule has 2 aromatic rings. The fourth-order valence-corrected chi connectivity index (χ4v) is 5.63. The highest BCUT2D eigenvalue weighted by Crippen LogP contribution is 2.28. The number of aromatic nitrogens is 1. The number of hydrogen-bond donors (Lipinski definition) is 1. The average Bonchev–Trinajstić information content (AvgIpc) is 3.14. The van der Waals surface area contributed by atoms with Gasteiger partial charge in [0.25, 0.3) is 0 Å². The summed E-state index contributed by atoms with van der Waals surface area (Å²) in [7, 11) is -2.11. The summed E-state index contributed by atoms with van der Waals surface area (Å²) < 4.78 is 37.1. The molecule has 0 radical (unpaired) electrons. The third kappa shape index (κ3) is 5.23. The number of hydrogen-bond acceptors (Lipinski definition) is 8. The molecule has 0 spiro atoms. The van der Waals surface area contributed by atoms with E-state index < -0.39 is 16.0 Å². The van der Waals surface area contributed by atoms with E-state index in [1.807, 2.05) is 0 Å². The standard InChI is InChI=1S/C20H25N3O6S2/c1-4-29-19(25)17-13(2)21-20(30-17)22-18(24)14-9-11-23(12-10-14)31(26,27)16-7-5-15(28-3)6-8-16/h5-8,14H,4,9-12H2,1-3H3,(H,21,22,24). The van der Waals surface area contributed by atoms with Crippen LogP contribution in [0.25, 0.3) is 0 Å². The second kappa shape index (κ2) is 9.75. The van der Waals surface area contributed by atoms with Crippen LogP contribution >= 0.6 is 11.3 Å². The Bertz CT molecular complexity index is 1040. The predicted molar refractivity (Wildman–Crippen MR) is 116 cm³/mol. The maximum Gasteiger partial charge on any atom is 0.350 e. The van der Waals surface area contributed by atoms with E-state index in [4.69, 9.17) is 9.47 Å². The summed E-state index contributed by atoms with van der Waals surface area (Å²) in [5.41, 5.74) is 0.499. The molecular weight excluding hydrogens is 442 g/mol. The van der Waals surface area contributed by atoms with Gasteiger partial charge in [0.15, 0.2) is 5.13 Å². The van der Waals surface area contributed by atoms with Gasteiger partial charge in [0.1, 0.15) is 10.6 Å². The monoisotopic (exact) mass is 467 g/mol. The van der Waals surface area contributed by atoms with E-state index >= 15 is 0 Å². The van der Waals surface area contributed by atoms with E-state index in [0.717, 1.165) is 11.3 Å². The SMILES string of the molecule is CCOC(=O)c1sc(NC(=O)C2CCN(S(=O)(=O)c3ccc(OC)cc3)CC2)nc1C. The molecule has 1 aromatic carbocycles. The number of piperidine rings is 1. The molecule has 1 amide bonds. The summed E-state index contributed by atoms with van der Waals surface area (Å²) in [6.07, 6.45) is 0.798. The number of carbonyl (C=O) groups is 2. The van der Waals surface area contributed by atoms with Gasteiger partial charge in [-0.2, -0.15) is 4.31 Å². The molecule has 0 saturated carbocycles. The Kier molecular flexibility index (Phi) is 7.29. The number of thiazole rings is 1. The van der Waals surface area contributed by atoms with Crippen LogP contribution in [0, 0.1) is 12.8 Å². The first-order valence-corrected chi connectivity index (χ1v) is 12.1. The van der Waals surface area contributed by atoms with E-state index in [9.17, 15) is 18.0 Å². The van der Waals surface area contributed by atoms with Crippen LogP contribution in [0.2, 0.25) is 0 Å². The Morgan fingerprint density at radius 3 is 2.45 bits per heavy atom. The smallest absolute Gasteiger partial charge is 0.350 e. The van der Waals surface area contributed by atoms with Gasteiger partial charge in [0.2, 0.25) is 15.9 Å². The van der Waals surface area contributed by atoms with Gasteiger partial charge in [-0.3, -0.25) is 4.79 Å². The lowest BCUT2D eigenvalue weighted by Gasteiger charge is -2.30. The first kappa shape index (κ1) is 23.2. The zero-order valence-electron chi connectivity index (χ0n) is 17.6. The second-order valence-corrected chi connectivity index (χ2v) is 9.93. The van der Waals surface area contributed by atoms with Crippen LogP contribution in [0.1, 0.15) is 35.1 Å². The molecule has 11 heteroatoms. The van der Waals surface area contributed by atoms with Crippen LogP contribution in [-0.2, 0) is 19.6 Å². The molecule has 1 aliphatic heterocycles. The van der Waals surface area contributed by atoms with Gasteiger partial charge in [0.05, 0.1) is 24.3 Å². The lowest BCUT2D eigenvalue weighted by Crippen LogP contribution is -2.41. The molecule has 0 aliphatic carbocycles. The molecule has 0 unspecified atom stereocenters. The van der Waals surface area contributed by atoms with Gasteiger partial charge in [0, 0.05) is 19.0 Å². The number of rotatable bonds is 7. The van der Waals surface area contributed by atoms with Crippen molar-refractivity contribution in [1.82, 2.24) is 9.29 Å². The van der Waals surface area contributed by atoms with Gasteiger partial charge < -0.3 is 14.8 Å². The minimum Gasteiger partial charge on any atom is -0.497 e. The highest BCUT2D eigenvalue weighted by molar-refractivity contribution is 7.89. The first-order valence-electron chi connectivity index (χ1n) is 9.86. The zero-order valence-corrected chi connectivity index (χ0v) is 19.2. The van der Waals surface area contributed by atoms with Gasteiger partial charge in [-0.15, -0.1) is 0 Å². The number of sulfonamides is 1. The highest BCUT2D eigenvalue weighted by Gasteiger charge is 2.32. The number of ether oxygens (including phenoxy) is 2. The van der Waals surface area contributed by atoms with Crippen molar-refractivity contribution < 1.29 is 27.5 Å². The van der Waals surface area contributed by atoms with Crippen molar-refractivity contribution in [3.05, 3.63) is 34.8 Å². The normalized spacial score (nSPS) is 15.5. The molecule has 1 N–H and O–H groups in total. The van der Waals surface area contributed by atoms with Crippen molar-refractivity contribution in [2.75, 3.05) is 32.1 Å². The summed E-state index contributed by atoms with van der Waals surface area (Å²) in [4.78, 5) is 29.3. The number of nitrogens with one attached hydrogen (secondary N) is 1. The zero-order chi connectivity index (χ0) is 22.6. The molecule has 2 heterocycles. The summed E-state index contributed by atoms with van der Waals surface area (Å²) >= 11 is 1.07. The number of aryl methyl sites for hydroxylation is 1. The molecule has 0 bridgehead atoms. The molecule has 1 fully saturated rings. The van der Waals surface area contributed by atoms with Crippen molar-refractivity contribution >= 4 is 38.4 Å². The molecule has 1 aromatic heterocycles. The quantitative estimate of drug-likeness (QED) is 0.623. The Hall–Kier alpha value is -2.50. The third-order valence-corrected chi connectivity index (χ3v) is 7.98. The third-order valence-electron chi connectivity index (χ3n) is 5.01. The van der Waals surface area contributed by atoms with Crippen LogP contribution in [0.15, 0.2) is 29.2 Å². The summed E-state index contributed by atoms with van der Waals surface area (Å²) in [5, 5.41) is 3.08. The van der Waals surface area contributed by atoms with Gasteiger partial charge in [-0.05, 0) is 51.0 Å². The van der Waals surface area contributed by atoms with E-state index in [2.05, 4.69) is 10.3 Å². The first-order chi connectivity index (χ1) is 14.8. The number of benzene rings is 1. The Labute approximate surface area is 185 Å². The fourth-order valence-electron chi connectivity index (χ4n) is 3.30. The van der Waals surface area contributed by atoms with E-state index in [-0.39, 0.29) is 36.4 Å². The van der Waals surface area contributed by atoms with Crippen molar-refractivity contribution in [3.8, 4) is 5.75 Å². The van der Waals surface area contributed by atoms with Crippen LogP contribution < -0.4 is 10.1 Å². The average molecular weight is 468 g/mol. The van der Waals surface area contributed by atoms with Crippen LogP contribution in [0.5, 0.6) is 5.75 Å². The largest absolute Gasteiger partial charge is 0.497 e. The highest BCUT2D eigenvalue weighted by atomic mass is 32.2. The number of carbonyl (C=O) groups excluding carboxylic acids is 2. The van der Waals surface area contributed by atoms with Crippen molar-refractivity contribution in [2.24, 2.45) is 5.92 Å². The molecule has 1 saturated heterocycles. The Morgan fingerprint density at radius 1 is 1.23 bits per heavy atom. The number of nitrogens with zero attached hydrogens (tertiary/aromatic N) is 2. The van der Waals surface area contributed by atoms with E-state index in [1.165, 1.54) is 23.5 Å². The molecule has 1 aliphatic rings. The summed E-state index contributed by atoms with van der Waals surface area (Å²) in [6.45, 7) is 4.16. The maximum absolute atomic E-state index is 12.8. The lowest BCUT2D eigenvalue weighted by atomic mass is 9.97. The van der Waals surface area contributed by atoms with Crippen molar-refractivity contribution in [3.63, 3.8) is 0 Å². The van der Waals surface area contributed by atoms with E-state index in [1.54, 1.807) is 26.0 Å². The molecular formula is C20H25N3O6S2.